The minimum Gasteiger partial charge on any atom is -0.449 e. The van der Waals surface area contributed by atoms with Crippen LogP contribution in [-0.2, 0) is 6.42 Å². The molecule has 5 rings (SSSR count). The summed E-state index contributed by atoms with van der Waals surface area (Å²) in [6, 6.07) is 9.50. The van der Waals surface area contributed by atoms with E-state index in [4.69, 9.17) is 21.1 Å². The maximum absolute atomic E-state index is 6.56. The number of fused-ring (bicyclic) bond motifs is 2. The zero-order valence-electron chi connectivity index (χ0n) is 14.4. The Bertz CT molecular complexity index is 1280. The van der Waals surface area contributed by atoms with Gasteiger partial charge in [0.05, 0.1) is 27.8 Å². The third-order valence-corrected chi connectivity index (χ3v) is 4.82. The number of hydrogen-bond donors (Lipinski definition) is 0. The highest BCUT2D eigenvalue weighted by molar-refractivity contribution is 6.35. The molecule has 0 fully saturated rings. The Labute approximate surface area is 159 Å². The van der Waals surface area contributed by atoms with Gasteiger partial charge in [0.25, 0.3) is 0 Å². The number of para-hydroxylation sites is 1. The van der Waals surface area contributed by atoms with Crippen LogP contribution in [0.4, 0.5) is 0 Å². The van der Waals surface area contributed by atoms with Crippen molar-refractivity contribution in [3.8, 4) is 17.3 Å². The van der Waals surface area contributed by atoms with Gasteiger partial charge >= 0.3 is 0 Å². The van der Waals surface area contributed by atoms with Crippen molar-refractivity contribution in [2.45, 2.75) is 13.3 Å². The van der Waals surface area contributed by atoms with Crippen molar-refractivity contribution in [2.75, 3.05) is 0 Å². The molecule has 0 saturated heterocycles. The van der Waals surface area contributed by atoms with Crippen molar-refractivity contribution < 1.29 is 4.42 Å². The fourth-order valence-electron chi connectivity index (χ4n) is 3.33. The molecule has 0 aliphatic rings. The summed E-state index contributed by atoms with van der Waals surface area (Å²) in [5, 5.41) is 7.37. The number of aryl methyl sites for hydroxylation is 1. The fraction of sp³-hybridized carbons (Fsp3) is 0.100. The van der Waals surface area contributed by atoms with Crippen molar-refractivity contribution in [1.82, 2.24) is 24.7 Å². The predicted molar refractivity (Wildman–Crippen MR) is 104 cm³/mol. The first-order valence-corrected chi connectivity index (χ1v) is 8.96. The van der Waals surface area contributed by atoms with Gasteiger partial charge in [-0.05, 0) is 24.6 Å². The molecule has 0 aliphatic carbocycles. The molecular weight excluding hydrogens is 362 g/mol. The first-order valence-electron chi connectivity index (χ1n) is 8.58. The molecule has 6 nitrogen and oxygen atoms in total. The van der Waals surface area contributed by atoms with E-state index in [0.717, 1.165) is 34.1 Å². The minimum atomic E-state index is 0.484. The number of aromatic nitrogens is 5. The topological polar surface area (TPSA) is 69.6 Å². The van der Waals surface area contributed by atoms with Crippen molar-refractivity contribution in [2.24, 2.45) is 0 Å². The van der Waals surface area contributed by atoms with Gasteiger partial charge in [0, 0.05) is 24.0 Å². The molecular formula is C20H14ClN5O. The molecule has 5 aromatic rings. The van der Waals surface area contributed by atoms with Gasteiger partial charge in [-0.15, -0.1) is 0 Å². The molecule has 0 aliphatic heterocycles. The highest BCUT2D eigenvalue weighted by atomic mass is 35.5. The van der Waals surface area contributed by atoms with Crippen LogP contribution in [0.25, 0.3) is 39.1 Å². The average molecular weight is 376 g/mol. The van der Waals surface area contributed by atoms with Gasteiger partial charge in [0.1, 0.15) is 5.69 Å². The molecule has 0 unspecified atom stereocenters. The second-order valence-electron chi connectivity index (χ2n) is 6.07. The van der Waals surface area contributed by atoms with Gasteiger partial charge in [-0.1, -0.05) is 30.7 Å². The van der Waals surface area contributed by atoms with Crippen LogP contribution in [0.15, 0.2) is 59.5 Å². The van der Waals surface area contributed by atoms with Crippen LogP contribution < -0.4 is 0 Å². The van der Waals surface area contributed by atoms with Gasteiger partial charge in [-0.2, -0.15) is 5.10 Å². The second-order valence-corrected chi connectivity index (χ2v) is 6.48. The predicted octanol–water partition coefficient (Wildman–Crippen LogP) is 4.84. The van der Waals surface area contributed by atoms with Gasteiger partial charge in [0.15, 0.2) is 17.2 Å². The average Bonchev–Trinajstić information content (AvgIpc) is 3.27. The quantitative estimate of drug-likeness (QED) is 0.451. The van der Waals surface area contributed by atoms with Crippen LogP contribution in [0.3, 0.4) is 0 Å². The number of pyridine rings is 1. The summed E-state index contributed by atoms with van der Waals surface area (Å²) in [6.45, 7) is 2.08. The Morgan fingerprint density at radius 1 is 1.04 bits per heavy atom. The van der Waals surface area contributed by atoms with Gasteiger partial charge in [-0.3, -0.25) is 4.98 Å². The zero-order chi connectivity index (χ0) is 18.4. The first-order chi connectivity index (χ1) is 13.3. The first kappa shape index (κ1) is 16.0. The molecule has 132 valence electrons. The lowest BCUT2D eigenvalue weighted by Gasteiger charge is -2.05. The largest absolute Gasteiger partial charge is 0.449 e. The van der Waals surface area contributed by atoms with Gasteiger partial charge in [0.2, 0.25) is 0 Å². The summed E-state index contributed by atoms with van der Waals surface area (Å²) in [4.78, 5) is 12.9. The molecule has 27 heavy (non-hydrogen) atoms. The summed E-state index contributed by atoms with van der Waals surface area (Å²) >= 11 is 6.56. The lowest BCUT2D eigenvalue weighted by atomic mass is 10.1. The third kappa shape index (κ3) is 2.41. The molecule has 0 amide bonds. The summed E-state index contributed by atoms with van der Waals surface area (Å²) < 4.78 is 7.92. The summed E-state index contributed by atoms with van der Waals surface area (Å²) in [6.07, 6.45) is 7.56. The number of benzene rings is 1. The number of nitrogens with zero attached hydrogens (tertiary/aromatic N) is 5. The van der Waals surface area contributed by atoms with E-state index in [0.29, 0.717) is 22.2 Å². The van der Waals surface area contributed by atoms with Gasteiger partial charge in [-0.25, -0.2) is 14.6 Å². The van der Waals surface area contributed by atoms with E-state index in [1.54, 1.807) is 30.9 Å². The molecule has 1 aromatic carbocycles. The molecule has 4 aromatic heterocycles. The monoisotopic (exact) mass is 375 g/mol. The Balaban J connectivity index is 1.93. The van der Waals surface area contributed by atoms with E-state index in [1.165, 1.54) is 0 Å². The minimum absolute atomic E-state index is 0.484. The molecule has 0 bridgehead atoms. The number of hydrogen-bond acceptors (Lipinski definition) is 5. The molecule has 0 saturated carbocycles. The zero-order valence-corrected chi connectivity index (χ0v) is 15.2. The standard InChI is InChI=1S/C20H14ClN5O/c1-2-15-12-5-3-6-14(21)17(12)26(25-15)18-13-7-10-22-11-16(13)27-19(18)20-23-8-4-9-24-20/h3-11H,2H2,1H3. The number of halogens is 1. The van der Waals surface area contributed by atoms with E-state index in [-0.39, 0.29) is 0 Å². The van der Waals surface area contributed by atoms with E-state index in [9.17, 15) is 0 Å². The van der Waals surface area contributed by atoms with Crippen LogP contribution in [0, 0.1) is 0 Å². The van der Waals surface area contributed by atoms with Crippen LogP contribution in [0.2, 0.25) is 5.02 Å². The van der Waals surface area contributed by atoms with Crippen LogP contribution >= 0.6 is 11.6 Å². The Kier molecular flexibility index (Phi) is 3.65. The number of furan rings is 1. The summed E-state index contributed by atoms with van der Waals surface area (Å²) in [7, 11) is 0. The van der Waals surface area contributed by atoms with Gasteiger partial charge < -0.3 is 4.42 Å². The van der Waals surface area contributed by atoms with Crippen molar-refractivity contribution >= 4 is 33.5 Å². The van der Waals surface area contributed by atoms with E-state index < -0.39 is 0 Å². The summed E-state index contributed by atoms with van der Waals surface area (Å²) in [5.74, 6) is 1.02. The number of rotatable bonds is 3. The van der Waals surface area contributed by atoms with Crippen LogP contribution in [0.1, 0.15) is 12.6 Å². The maximum Gasteiger partial charge on any atom is 0.198 e. The normalized spacial score (nSPS) is 11.5. The van der Waals surface area contributed by atoms with E-state index in [2.05, 4.69) is 21.9 Å². The van der Waals surface area contributed by atoms with Crippen molar-refractivity contribution in [1.29, 1.82) is 0 Å². The molecule has 0 atom stereocenters. The smallest absolute Gasteiger partial charge is 0.198 e. The Morgan fingerprint density at radius 2 is 1.89 bits per heavy atom. The van der Waals surface area contributed by atoms with Crippen molar-refractivity contribution in [3.63, 3.8) is 0 Å². The Hall–Kier alpha value is -3.25. The van der Waals surface area contributed by atoms with E-state index in [1.807, 2.05) is 28.9 Å². The second kappa shape index (κ2) is 6.17. The maximum atomic E-state index is 6.56. The summed E-state index contributed by atoms with van der Waals surface area (Å²) in [5.41, 5.74) is 3.21. The molecule has 0 N–H and O–H groups in total. The van der Waals surface area contributed by atoms with Crippen LogP contribution in [-0.4, -0.2) is 24.7 Å². The molecule has 7 heteroatoms. The highest BCUT2D eigenvalue weighted by Crippen LogP contribution is 2.38. The molecule has 0 radical (unpaired) electrons. The van der Waals surface area contributed by atoms with Crippen LogP contribution in [0.5, 0.6) is 0 Å². The SMILES string of the molecule is CCc1nn(-c2c(-c3ncccn3)oc3cnccc23)c2c(Cl)cccc12. The lowest BCUT2D eigenvalue weighted by molar-refractivity contribution is 0.619. The molecule has 4 heterocycles. The van der Waals surface area contributed by atoms with Crippen molar-refractivity contribution in [3.05, 3.63) is 65.8 Å². The fourth-order valence-corrected chi connectivity index (χ4v) is 3.58. The van der Waals surface area contributed by atoms with E-state index >= 15 is 0 Å². The lowest BCUT2D eigenvalue weighted by Crippen LogP contribution is -2.00. The Morgan fingerprint density at radius 3 is 2.70 bits per heavy atom. The highest BCUT2D eigenvalue weighted by Gasteiger charge is 2.24. The molecule has 0 spiro atoms. The third-order valence-electron chi connectivity index (χ3n) is 4.51.